The Bertz CT molecular complexity index is 573. The van der Waals surface area contributed by atoms with Crippen molar-refractivity contribution in [3.63, 3.8) is 0 Å². The van der Waals surface area contributed by atoms with Gasteiger partial charge in [-0.05, 0) is 5.56 Å². The lowest BCUT2D eigenvalue weighted by Crippen LogP contribution is -2.07. The van der Waals surface area contributed by atoms with Gasteiger partial charge in [0.2, 0.25) is 11.2 Å². The van der Waals surface area contributed by atoms with Crippen LogP contribution in [0.4, 0.5) is 0 Å². The number of carbonyl (C=O) groups is 1. The van der Waals surface area contributed by atoms with E-state index in [4.69, 9.17) is 9.15 Å². The van der Waals surface area contributed by atoms with Crippen LogP contribution in [0.5, 0.6) is 11.7 Å². The van der Waals surface area contributed by atoms with Gasteiger partial charge in [-0.1, -0.05) is 30.3 Å². The SMILES string of the molecule is O=COc1cc(=O)c(OCc2ccccc2)co1. The Hall–Kier alpha value is -2.56. The molecule has 2 aromatic rings. The molecular weight excluding hydrogens is 236 g/mol. The van der Waals surface area contributed by atoms with E-state index in [0.29, 0.717) is 0 Å². The lowest BCUT2D eigenvalue weighted by atomic mass is 10.2. The average molecular weight is 246 g/mol. The zero-order chi connectivity index (χ0) is 12.8. The maximum Gasteiger partial charge on any atom is 0.300 e. The highest BCUT2D eigenvalue weighted by Crippen LogP contribution is 2.13. The first kappa shape index (κ1) is 11.9. The van der Waals surface area contributed by atoms with Gasteiger partial charge in [-0.25, -0.2) is 0 Å². The number of rotatable bonds is 5. The van der Waals surface area contributed by atoms with Gasteiger partial charge >= 0.3 is 6.47 Å². The molecule has 0 saturated heterocycles. The van der Waals surface area contributed by atoms with Gasteiger partial charge in [0.1, 0.15) is 12.9 Å². The van der Waals surface area contributed by atoms with Crippen LogP contribution in [-0.4, -0.2) is 6.47 Å². The molecule has 0 aliphatic heterocycles. The molecule has 0 saturated carbocycles. The van der Waals surface area contributed by atoms with Crippen LogP contribution in [0.1, 0.15) is 5.56 Å². The van der Waals surface area contributed by atoms with Crippen LogP contribution in [0.25, 0.3) is 0 Å². The molecule has 0 amide bonds. The summed E-state index contributed by atoms with van der Waals surface area (Å²) in [7, 11) is 0. The zero-order valence-corrected chi connectivity index (χ0v) is 9.37. The minimum absolute atomic E-state index is 0.0668. The van der Waals surface area contributed by atoms with Crippen molar-refractivity contribution in [3.05, 3.63) is 58.4 Å². The second-order valence-corrected chi connectivity index (χ2v) is 3.42. The van der Waals surface area contributed by atoms with Gasteiger partial charge in [-0.3, -0.25) is 9.59 Å². The maximum atomic E-state index is 11.6. The van der Waals surface area contributed by atoms with Crippen molar-refractivity contribution in [2.24, 2.45) is 0 Å². The van der Waals surface area contributed by atoms with Crippen molar-refractivity contribution in [3.8, 4) is 11.7 Å². The predicted molar refractivity (Wildman–Crippen MR) is 62.4 cm³/mol. The molecule has 2 rings (SSSR count). The number of carbonyl (C=O) groups excluding carboxylic acids is 1. The molecule has 5 heteroatoms. The van der Waals surface area contributed by atoms with Crippen molar-refractivity contribution >= 4 is 6.47 Å². The Morgan fingerprint density at radius 3 is 2.67 bits per heavy atom. The summed E-state index contributed by atoms with van der Waals surface area (Å²) in [6.45, 7) is 0.447. The molecule has 92 valence electrons. The van der Waals surface area contributed by atoms with E-state index in [1.807, 2.05) is 30.3 Å². The fraction of sp³-hybridized carbons (Fsp3) is 0.0769. The first-order chi connectivity index (χ1) is 8.79. The highest BCUT2D eigenvalue weighted by Gasteiger charge is 2.05. The molecule has 1 aromatic carbocycles. The molecule has 0 bridgehead atoms. The highest BCUT2D eigenvalue weighted by molar-refractivity contribution is 5.42. The van der Waals surface area contributed by atoms with Crippen molar-refractivity contribution in [2.45, 2.75) is 6.61 Å². The minimum atomic E-state index is -0.408. The molecule has 18 heavy (non-hydrogen) atoms. The van der Waals surface area contributed by atoms with Gasteiger partial charge in [0.05, 0.1) is 6.07 Å². The first-order valence-corrected chi connectivity index (χ1v) is 5.19. The monoisotopic (exact) mass is 246 g/mol. The fourth-order valence-corrected chi connectivity index (χ4v) is 1.33. The minimum Gasteiger partial charge on any atom is -0.482 e. The largest absolute Gasteiger partial charge is 0.482 e. The standard InChI is InChI=1S/C13H10O5/c14-9-18-13-6-11(15)12(8-17-13)16-7-10-4-2-1-3-5-10/h1-6,8-9H,7H2. The lowest BCUT2D eigenvalue weighted by Gasteiger charge is -2.04. The Balaban J connectivity index is 2.06. The molecule has 0 spiro atoms. The van der Waals surface area contributed by atoms with Crippen LogP contribution in [-0.2, 0) is 11.4 Å². The smallest absolute Gasteiger partial charge is 0.300 e. The van der Waals surface area contributed by atoms with Gasteiger partial charge < -0.3 is 13.9 Å². The van der Waals surface area contributed by atoms with Gasteiger partial charge in [-0.15, -0.1) is 0 Å². The third kappa shape index (κ3) is 2.98. The molecule has 1 aromatic heterocycles. The van der Waals surface area contributed by atoms with E-state index in [2.05, 4.69) is 4.74 Å². The van der Waals surface area contributed by atoms with Gasteiger partial charge in [-0.2, -0.15) is 0 Å². The Labute approximate surface area is 103 Å². The summed E-state index contributed by atoms with van der Waals surface area (Å²) in [6, 6.07) is 10.5. The first-order valence-electron chi connectivity index (χ1n) is 5.19. The summed E-state index contributed by atoms with van der Waals surface area (Å²) in [6.07, 6.45) is 1.12. The van der Waals surface area contributed by atoms with Crippen LogP contribution in [0.3, 0.4) is 0 Å². The van der Waals surface area contributed by atoms with Crippen molar-refractivity contribution in [2.75, 3.05) is 0 Å². The number of hydrogen-bond acceptors (Lipinski definition) is 5. The second kappa shape index (κ2) is 5.67. The Morgan fingerprint density at radius 1 is 1.22 bits per heavy atom. The average Bonchev–Trinajstić information content (AvgIpc) is 2.39. The van der Waals surface area contributed by atoms with E-state index in [1.165, 1.54) is 0 Å². The third-order valence-corrected chi connectivity index (χ3v) is 2.18. The van der Waals surface area contributed by atoms with E-state index in [9.17, 15) is 9.59 Å². The van der Waals surface area contributed by atoms with Gasteiger partial charge in [0, 0.05) is 0 Å². The number of ether oxygens (including phenoxy) is 2. The molecule has 0 aliphatic carbocycles. The summed E-state index contributed by atoms with van der Waals surface area (Å²) < 4.78 is 14.6. The molecule has 0 unspecified atom stereocenters. The quantitative estimate of drug-likeness (QED) is 0.752. The van der Waals surface area contributed by atoms with Crippen LogP contribution in [0, 0.1) is 0 Å². The fourth-order valence-electron chi connectivity index (χ4n) is 1.33. The summed E-state index contributed by atoms with van der Waals surface area (Å²) in [5.41, 5.74) is 0.527. The molecule has 0 N–H and O–H groups in total. The Kier molecular flexibility index (Phi) is 3.76. The molecule has 5 nitrogen and oxygen atoms in total. The van der Waals surface area contributed by atoms with Crippen LogP contribution in [0.15, 0.2) is 51.9 Å². The number of benzene rings is 1. The van der Waals surface area contributed by atoms with Crippen LogP contribution in [0.2, 0.25) is 0 Å². The maximum absolute atomic E-state index is 11.6. The molecule has 0 aliphatic rings. The van der Waals surface area contributed by atoms with E-state index in [-0.39, 0.29) is 24.8 Å². The molecule has 0 radical (unpaired) electrons. The lowest BCUT2D eigenvalue weighted by molar-refractivity contribution is -0.121. The van der Waals surface area contributed by atoms with Crippen molar-refractivity contribution in [1.82, 2.24) is 0 Å². The van der Waals surface area contributed by atoms with Crippen LogP contribution < -0.4 is 14.9 Å². The summed E-state index contributed by atoms with van der Waals surface area (Å²) in [5.74, 6) is -0.0980. The van der Waals surface area contributed by atoms with Gasteiger partial charge in [0.15, 0.2) is 0 Å². The zero-order valence-electron chi connectivity index (χ0n) is 9.37. The topological polar surface area (TPSA) is 65.7 Å². The van der Waals surface area contributed by atoms with Crippen LogP contribution >= 0.6 is 0 Å². The summed E-state index contributed by atoms with van der Waals surface area (Å²) in [4.78, 5) is 21.6. The predicted octanol–water partition coefficient (Wildman–Crippen LogP) is 1.75. The molecule has 1 heterocycles. The van der Waals surface area contributed by atoms with E-state index in [1.54, 1.807) is 0 Å². The van der Waals surface area contributed by atoms with E-state index in [0.717, 1.165) is 17.9 Å². The highest BCUT2D eigenvalue weighted by atomic mass is 16.6. The molecular formula is C13H10O5. The summed E-state index contributed by atoms with van der Waals surface area (Å²) >= 11 is 0. The molecule has 0 atom stereocenters. The number of hydrogen-bond donors (Lipinski definition) is 0. The van der Waals surface area contributed by atoms with E-state index < -0.39 is 5.43 Å². The Morgan fingerprint density at radius 2 is 2.00 bits per heavy atom. The molecule has 0 fully saturated rings. The summed E-state index contributed by atoms with van der Waals surface area (Å²) in [5, 5.41) is 0. The second-order valence-electron chi connectivity index (χ2n) is 3.42. The van der Waals surface area contributed by atoms with Crippen molar-refractivity contribution < 1.29 is 18.7 Å². The third-order valence-electron chi connectivity index (χ3n) is 2.18. The van der Waals surface area contributed by atoms with Crippen molar-refractivity contribution in [1.29, 1.82) is 0 Å². The van der Waals surface area contributed by atoms with Gasteiger partial charge in [0.25, 0.3) is 5.95 Å². The van der Waals surface area contributed by atoms with E-state index >= 15 is 0 Å². The normalized spacial score (nSPS) is 9.78.